The van der Waals surface area contributed by atoms with Crippen LogP contribution < -0.4 is 5.32 Å². The van der Waals surface area contributed by atoms with Gasteiger partial charge in [0, 0.05) is 6.54 Å². The molecule has 1 N–H and O–H groups in total. The third-order valence-electron chi connectivity index (χ3n) is 4.60. The highest BCUT2D eigenvalue weighted by molar-refractivity contribution is 5.82. The second kappa shape index (κ2) is 8.30. The summed E-state index contributed by atoms with van der Waals surface area (Å²) < 4.78 is 0. The van der Waals surface area contributed by atoms with E-state index in [1.165, 1.54) is 18.4 Å². The molecule has 0 unspecified atom stereocenters. The molecule has 4 nitrogen and oxygen atoms in total. The highest BCUT2D eigenvalue weighted by Gasteiger charge is 2.23. The van der Waals surface area contributed by atoms with Gasteiger partial charge in [-0.15, -0.1) is 0 Å². The molecule has 1 amide bonds. The number of benzene rings is 1. The van der Waals surface area contributed by atoms with Crippen LogP contribution in [-0.2, 0) is 11.2 Å². The lowest BCUT2D eigenvalue weighted by atomic mass is 9.97. The molecule has 2 rings (SSSR count). The minimum absolute atomic E-state index is 0.103. The molecule has 1 aliphatic heterocycles. The molecule has 0 saturated carbocycles. The van der Waals surface area contributed by atoms with Crippen molar-refractivity contribution in [2.45, 2.75) is 25.3 Å². The summed E-state index contributed by atoms with van der Waals surface area (Å²) >= 11 is 0. The van der Waals surface area contributed by atoms with Crippen LogP contribution in [0.3, 0.4) is 0 Å². The van der Waals surface area contributed by atoms with Crippen LogP contribution >= 0.6 is 0 Å². The van der Waals surface area contributed by atoms with Crippen molar-refractivity contribution in [2.75, 3.05) is 40.8 Å². The van der Waals surface area contributed by atoms with E-state index in [0.29, 0.717) is 5.92 Å². The van der Waals surface area contributed by atoms with E-state index in [2.05, 4.69) is 29.4 Å². The standard InChI is InChI=1S/C18H29N3O/c1-20(2)17(13-15-7-5-4-6-8-15)18(22)19-14-16-9-11-21(3)12-10-16/h4-8,16-17H,9-14H2,1-3H3,(H,19,22)/t17-/m1/s1. The van der Waals surface area contributed by atoms with Crippen LogP contribution in [0.25, 0.3) is 0 Å². The number of likely N-dealkylation sites (tertiary alicyclic amines) is 1. The van der Waals surface area contributed by atoms with E-state index in [4.69, 9.17) is 0 Å². The van der Waals surface area contributed by atoms with Crippen molar-refractivity contribution in [3.63, 3.8) is 0 Å². The number of piperidine rings is 1. The first-order chi connectivity index (χ1) is 10.6. The topological polar surface area (TPSA) is 35.6 Å². The Morgan fingerprint density at radius 2 is 1.91 bits per heavy atom. The molecule has 0 spiro atoms. The molecule has 1 fully saturated rings. The maximum absolute atomic E-state index is 12.5. The lowest BCUT2D eigenvalue weighted by Gasteiger charge is -2.30. The van der Waals surface area contributed by atoms with E-state index in [1.807, 2.05) is 37.2 Å². The van der Waals surface area contributed by atoms with Crippen LogP contribution in [0.5, 0.6) is 0 Å². The van der Waals surface area contributed by atoms with Gasteiger partial charge in [-0.05, 0) is 65.0 Å². The van der Waals surface area contributed by atoms with Gasteiger partial charge in [0.25, 0.3) is 0 Å². The van der Waals surface area contributed by atoms with Gasteiger partial charge in [0.1, 0.15) is 0 Å². The van der Waals surface area contributed by atoms with Crippen LogP contribution in [0.15, 0.2) is 30.3 Å². The number of nitrogens with zero attached hydrogens (tertiary/aromatic N) is 2. The van der Waals surface area contributed by atoms with Crippen molar-refractivity contribution in [2.24, 2.45) is 5.92 Å². The van der Waals surface area contributed by atoms with E-state index < -0.39 is 0 Å². The van der Waals surface area contributed by atoms with Gasteiger partial charge in [-0.2, -0.15) is 0 Å². The number of carbonyl (C=O) groups is 1. The molecule has 0 aromatic heterocycles. The Bertz CT molecular complexity index is 453. The number of rotatable bonds is 6. The lowest BCUT2D eigenvalue weighted by molar-refractivity contribution is -0.125. The van der Waals surface area contributed by atoms with Crippen LogP contribution in [0.2, 0.25) is 0 Å². The second-order valence-corrected chi connectivity index (χ2v) is 6.66. The lowest BCUT2D eigenvalue weighted by Crippen LogP contribution is -2.47. The third-order valence-corrected chi connectivity index (χ3v) is 4.60. The molecule has 4 heteroatoms. The summed E-state index contributed by atoms with van der Waals surface area (Å²) in [5.74, 6) is 0.771. The van der Waals surface area contributed by atoms with E-state index in [-0.39, 0.29) is 11.9 Å². The Morgan fingerprint density at radius 1 is 1.27 bits per heavy atom. The van der Waals surface area contributed by atoms with Gasteiger partial charge in [0.2, 0.25) is 5.91 Å². The van der Waals surface area contributed by atoms with Gasteiger partial charge < -0.3 is 10.2 Å². The summed E-state index contributed by atoms with van der Waals surface area (Å²) in [6.07, 6.45) is 3.12. The smallest absolute Gasteiger partial charge is 0.237 e. The molecule has 0 bridgehead atoms. The molecule has 122 valence electrons. The summed E-state index contributed by atoms with van der Waals surface area (Å²) in [6.45, 7) is 3.09. The molecular weight excluding hydrogens is 274 g/mol. The van der Waals surface area contributed by atoms with Gasteiger partial charge in [-0.1, -0.05) is 30.3 Å². The van der Waals surface area contributed by atoms with E-state index in [9.17, 15) is 4.79 Å². The summed E-state index contributed by atoms with van der Waals surface area (Å²) in [4.78, 5) is 16.9. The Balaban J connectivity index is 1.84. The number of hydrogen-bond donors (Lipinski definition) is 1. The number of likely N-dealkylation sites (N-methyl/N-ethyl adjacent to an activating group) is 1. The van der Waals surface area contributed by atoms with E-state index in [1.54, 1.807) is 0 Å². The molecule has 1 atom stereocenters. The van der Waals surface area contributed by atoms with Gasteiger partial charge >= 0.3 is 0 Å². The zero-order chi connectivity index (χ0) is 15.9. The average molecular weight is 303 g/mol. The van der Waals surface area contributed by atoms with E-state index >= 15 is 0 Å². The van der Waals surface area contributed by atoms with Crippen molar-refractivity contribution in [3.8, 4) is 0 Å². The quantitative estimate of drug-likeness (QED) is 0.867. The minimum Gasteiger partial charge on any atom is -0.354 e. The first kappa shape index (κ1) is 17.0. The first-order valence-corrected chi connectivity index (χ1v) is 8.23. The molecule has 1 aliphatic rings. The van der Waals surface area contributed by atoms with Gasteiger partial charge in [-0.25, -0.2) is 0 Å². The number of carbonyl (C=O) groups excluding carboxylic acids is 1. The zero-order valence-corrected chi connectivity index (χ0v) is 14.1. The maximum Gasteiger partial charge on any atom is 0.237 e. The van der Waals surface area contributed by atoms with Crippen molar-refractivity contribution < 1.29 is 4.79 Å². The molecule has 1 heterocycles. The Kier molecular flexibility index (Phi) is 6.40. The second-order valence-electron chi connectivity index (χ2n) is 6.66. The number of nitrogens with one attached hydrogen (secondary N) is 1. The minimum atomic E-state index is -0.103. The summed E-state index contributed by atoms with van der Waals surface area (Å²) in [7, 11) is 6.11. The van der Waals surface area contributed by atoms with Gasteiger partial charge in [0.15, 0.2) is 0 Å². The monoisotopic (exact) mass is 303 g/mol. The number of amides is 1. The molecular formula is C18H29N3O. The van der Waals surface area contributed by atoms with Crippen LogP contribution in [0.4, 0.5) is 0 Å². The molecule has 22 heavy (non-hydrogen) atoms. The molecule has 1 saturated heterocycles. The summed E-state index contributed by atoms with van der Waals surface area (Å²) in [5.41, 5.74) is 1.20. The predicted octanol–water partition coefficient (Wildman–Crippen LogP) is 1.62. The van der Waals surface area contributed by atoms with Crippen LogP contribution in [0, 0.1) is 5.92 Å². The fourth-order valence-electron chi connectivity index (χ4n) is 2.98. The highest BCUT2D eigenvalue weighted by Crippen LogP contribution is 2.15. The van der Waals surface area contributed by atoms with E-state index in [0.717, 1.165) is 26.1 Å². The summed E-state index contributed by atoms with van der Waals surface area (Å²) in [5, 5.41) is 3.17. The number of hydrogen-bond acceptors (Lipinski definition) is 3. The largest absolute Gasteiger partial charge is 0.354 e. The molecule has 0 radical (unpaired) electrons. The van der Waals surface area contributed by atoms with Gasteiger partial charge in [0.05, 0.1) is 6.04 Å². The highest BCUT2D eigenvalue weighted by atomic mass is 16.2. The Hall–Kier alpha value is -1.39. The van der Waals surface area contributed by atoms with Crippen molar-refractivity contribution in [1.29, 1.82) is 0 Å². The molecule has 1 aromatic carbocycles. The SMILES string of the molecule is CN1CCC(CNC(=O)[C@@H](Cc2ccccc2)N(C)C)CC1. The maximum atomic E-state index is 12.5. The zero-order valence-electron chi connectivity index (χ0n) is 14.1. The van der Waals surface area contributed by atoms with Crippen LogP contribution in [0.1, 0.15) is 18.4 Å². The normalized spacial score (nSPS) is 18.4. The summed E-state index contributed by atoms with van der Waals surface area (Å²) in [6, 6.07) is 10.1. The molecule has 0 aliphatic carbocycles. The Morgan fingerprint density at radius 3 is 2.50 bits per heavy atom. The van der Waals surface area contributed by atoms with Crippen molar-refractivity contribution >= 4 is 5.91 Å². The van der Waals surface area contributed by atoms with Crippen molar-refractivity contribution in [1.82, 2.24) is 15.1 Å². The predicted molar refractivity (Wildman–Crippen MR) is 90.9 cm³/mol. The van der Waals surface area contributed by atoms with Gasteiger partial charge in [-0.3, -0.25) is 9.69 Å². The molecule has 1 aromatic rings. The van der Waals surface area contributed by atoms with Crippen LogP contribution in [-0.4, -0.2) is 62.5 Å². The third kappa shape index (κ3) is 5.11. The fourth-order valence-corrected chi connectivity index (χ4v) is 2.98. The fraction of sp³-hybridized carbons (Fsp3) is 0.611. The first-order valence-electron chi connectivity index (χ1n) is 8.23. The Labute approximate surface area is 134 Å². The average Bonchev–Trinajstić information content (AvgIpc) is 2.52. The van der Waals surface area contributed by atoms with Crippen molar-refractivity contribution in [3.05, 3.63) is 35.9 Å².